The van der Waals surface area contributed by atoms with Crippen LogP contribution in [0.15, 0.2) is 67.0 Å². The number of halogens is 1. The number of benzene rings is 3. The normalized spacial score (nSPS) is 12.0. The van der Waals surface area contributed by atoms with Gasteiger partial charge in [-0.05, 0) is 79.6 Å². The molecule has 2 aromatic heterocycles. The number of nitrogens with zero attached hydrogens (tertiary/aromatic N) is 2. The zero-order valence-electron chi connectivity index (χ0n) is 22.1. The number of aromatic nitrogens is 3. The van der Waals surface area contributed by atoms with Crippen LogP contribution in [0.1, 0.15) is 48.0 Å². The number of fused-ring (bicyclic) bond motifs is 1. The van der Waals surface area contributed by atoms with Crippen molar-refractivity contribution < 1.29 is 9.13 Å². The van der Waals surface area contributed by atoms with Gasteiger partial charge < -0.3 is 20.8 Å². The van der Waals surface area contributed by atoms with E-state index in [-0.39, 0.29) is 5.75 Å². The van der Waals surface area contributed by atoms with Crippen LogP contribution < -0.4 is 15.8 Å². The molecule has 0 aliphatic heterocycles. The number of aromatic amines is 1. The number of nitrogens with one attached hydrogen (secondary N) is 2. The molecule has 5 aromatic rings. The highest BCUT2D eigenvalue weighted by atomic mass is 19.1. The molecule has 0 fully saturated rings. The summed E-state index contributed by atoms with van der Waals surface area (Å²) in [5.41, 5.74) is 12.5. The van der Waals surface area contributed by atoms with Crippen molar-refractivity contribution in [1.82, 2.24) is 15.0 Å². The van der Waals surface area contributed by atoms with Gasteiger partial charge in [-0.25, -0.2) is 14.4 Å². The number of aryl methyl sites for hydroxylation is 3. The number of rotatable bonds is 8. The number of hydrogen-bond donors (Lipinski definition) is 3. The number of nitrogens with two attached hydrogens (primary N) is 1. The Labute approximate surface area is 222 Å². The summed E-state index contributed by atoms with van der Waals surface area (Å²) in [5, 5.41) is 5.33. The molecule has 4 N–H and O–H groups in total. The van der Waals surface area contributed by atoms with Gasteiger partial charge in [-0.2, -0.15) is 0 Å². The molecule has 0 saturated carbocycles. The second-order valence-corrected chi connectivity index (χ2v) is 9.43. The fourth-order valence-electron chi connectivity index (χ4n) is 4.94. The topological polar surface area (TPSA) is 88.8 Å². The molecule has 2 heterocycles. The SMILES string of the molecule is CCOc1cc(CC)cc(C(Nc2ccc3c(N)nccc3c2)c2nc(-c3c(C)cccc3C)c[nH]2)c1F. The van der Waals surface area contributed by atoms with E-state index in [1.54, 1.807) is 12.3 Å². The van der Waals surface area contributed by atoms with Crippen molar-refractivity contribution in [3.63, 3.8) is 0 Å². The third-order valence-electron chi connectivity index (χ3n) is 6.86. The minimum absolute atomic E-state index is 0.243. The van der Waals surface area contributed by atoms with Crippen LogP contribution in [0.3, 0.4) is 0 Å². The third-order valence-corrected chi connectivity index (χ3v) is 6.86. The summed E-state index contributed by atoms with van der Waals surface area (Å²) in [5.74, 6) is 0.915. The summed E-state index contributed by atoms with van der Waals surface area (Å²) >= 11 is 0. The van der Waals surface area contributed by atoms with Gasteiger partial charge in [0, 0.05) is 34.6 Å². The highest BCUT2D eigenvalue weighted by Gasteiger charge is 2.25. The van der Waals surface area contributed by atoms with Crippen LogP contribution in [0.5, 0.6) is 5.75 Å². The smallest absolute Gasteiger partial charge is 0.170 e. The minimum Gasteiger partial charge on any atom is -0.491 e. The number of H-pyrrole nitrogens is 1. The van der Waals surface area contributed by atoms with Crippen LogP contribution >= 0.6 is 0 Å². The number of ether oxygens (including phenoxy) is 1. The van der Waals surface area contributed by atoms with Crippen LogP contribution in [0.25, 0.3) is 22.0 Å². The Morgan fingerprint density at radius 2 is 1.84 bits per heavy atom. The Morgan fingerprint density at radius 3 is 2.58 bits per heavy atom. The fourth-order valence-corrected chi connectivity index (χ4v) is 4.94. The van der Waals surface area contributed by atoms with Gasteiger partial charge >= 0.3 is 0 Å². The number of hydrogen-bond acceptors (Lipinski definition) is 5. The van der Waals surface area contributed by atoms with Crippen molar-refractivity contribution in [2.75, 3.05) is 17.7 Å². The molecule has 0 aliphatic rings. The molecule has 7 heteroatoms. The van der Waals surface area contributed by atoms with Gasteiger partial charge in [0.05, 0.1) is 12.3 Å². The van der Waals surface area contributed by atoms with E-state index in [9.17, 15) is 0 Å². The molecule has 1 unspecified atom stereocenters. The Balaban J connectivity index is 1.65. The lowest BCUT2D eigenvalue weighted by Crippen LogP contribution is -2.17. The van der Waals surface area contributed by atoms with Crippen molar-refractivity contribution in [3.05, 3.63) is 101 Å². The van der Waals surface area contributed by atoms with Crippen LogP contribution in [-0.4, -0.2) is 21.6 Å². The molecule has 194 valence electrons. The average molecular weight is 510 g/mol. The maximum absolute atomic E-state index is 15.9. The second kappa shape index (κ2) is 10.5. The molecule has 0 radical (unpaired) electrons. The summed E-state index contributed by atoms with van der Waals surface area (Å²) in [6.45, 7) is 8.41. The standard InChI is InChI=1S/C31H32FN5O/c1-5-20-14-24(28(32)26(15-20)38-6-2)29(36-22-10-11-23-21(16-22)12-13-34-30(23)33)31-35-17-25(37-31)27-18(3)8-7-9-19(27)4/h7-17,29,36H,5-6H2,1-4H3,(H2,33,34)(H,35,37). The van der Waals surface area contributed by atoms with Gasteiger partial charge in [-0.3, -0.25) is 0 Å². The minimum atomic E-state index is -0.601. The van der Waals surface area contributed by atoms with Crippen LogP contribution in [-0.2, 0) is 6.42 Å². The van der Waals surface area contributed by atoms with E-state index in [0.717, 1.165) is 50.8 Å². The van der Waals surface area contributed by atoms with Crippen LogP contribution in [0, 0.1) is 19.7 Å². The largest absolute Gasteiger partial charge is 0.491 e. The first-order chi connectivity index (χ1) is 18.4. The molecule has 1 atom stereocenters. The molecule has 3 aromatic carbocycles. The second-order valence-electron chi connectivity index (χ2n) is 9.43. The van der Waals surface area contributed by atoms with Gasteiger partial charge in [0.15, 0.2) is 11.6 Å². The van der Waals surface area contributed by atoms with E-state index >= 15 is 4.39 Å². The van der Waals surface area contributed by atoms with E-state index < -0.39 is 11.9 Å². The molecule has 6 nitrogen and oxygen atoms in total. The Hall–Kier alpha value is -4.39. The average Bonchev–Trinajstić information content (AvgIpc) is 3.38. The quantitative estimate of drug-likeness (QED) is 0.207. The van der Waals surface area contributed by atoms with Gasteiger partial charge in [-0.1, -0.05) is 31.2 Å². The molecule has 0 aliphatic carbocycles. The Bertz CT molecular complexity index is 1590. The first-order valence-electron chi connectivity index (χ1n) is 12.9. The fraction of sp³-hybridized carbons (Fsp3) is 0.226. The lowest BCUT2D eigenvalue weighted by molar-refractivity contribution is 0.319. The first kappa shape index (κ1) is 25.3. The lowest BCUT2D eigenvalue weighted by Gasteiger charge is -2.22. The maximum Gasteiger partial charge on any atom is 0.170 e. The van der Waals surface area contributed by atoms with Crippen LogP contribution in [0.4, 0.5) is 15.9 Å². The first-order valence-corrected chi connectivity index (χ1v) is 12.9. The lowest BCUT2D eigenvalue weighted by atomic mass is 9.99. The zero-order valence-corrected chi connectivity index (χ0v) is 22.1. The van der Waals surface area contributed by atoms with E-state index in [2.05, 4.69) is 41.3 Å². The van der Waals surface area contributed by atoms with E-state index in [4.69, 9.17) is 15.5 Å². The Morgan fingerprint density at radius 1 is 1.05 bits per heavy atom. The molecular weight excluding hydrogens is 477 g/mol. The number of anilines is 2. The number of nitrogen functional groups attached to an aromatic ring is 1. The van der Waals surface area contributed by atoms with Crippen molar-refractivity contribution in [2.45, 2.75) is 40.2 Å². The monoisotopic (exact) mass is 509 g/mol. The van der Waals surface area contributed by atoms with E-state index in [0.29, 0.717) is 23.8 Å². The zero-order chi connectivity index (χ0) is 26.8. The van der Waals surface area contributed by atoms with Gasteiger partial charge in [-0.15, -0.1) is 0 Å². The highest BCUT2D eigenvalue weighted by Crippen LogP contribution is 2.35. The van der Waals surface area contributed by atoms with Crippen molar-refractivity contribution in [2.24, 2.45) is 0 Å². The van der Waals surface area contributed by atoms with Crippen molar-refractivity contribution in [3.8, 4) is 17.0 Å². The molecule has 38 heavy (non-hydrogen) atoms. The number of imidazole rings is 1. The van der Waals surface area contributed by atoms with Gasteiger partial charge in [0.1, 0.15) is 17.7 Å². The summed E-state index contributed by atoms with van der Waals surface area (Å²) in [6, 6.07) is 17.0. The number of pyridine rings is 1. The predicted molar refractivity (Wildman–Crippen MR) is 152 cm³/mol. The molecule has 0 amide bonds. The predicted octanol–water partition coefficient (Wildman–Crippen LogP) is 7.13. The highest BCUT2D eigenvalue weighted by molar-refractivity contribution is 5.93. The molecular formula is C31H32FN5O. The van der Waals surface area contributed by atoms with E-state index in [1.165, 1.54) is 0 Å². The maximum atomic E-state index is 15.9. The summed E-state index contributed by atoms with van der Waals surface area (Å²) < 4.78 is 21.6. The molecule has 0 spiro atoms. The van der Waals surface area contributed by atoms with Gasteiger partial charge in [0.25, 0.3) is 0 Å². The molecule has 0 bridgehead atoms. The molecule has 0 saturated heterocycles. The third kappa shape index (κ3) is 4.79. The van der Waals surface area contributed by atoms with Gasteiger partial charge in [0.2, 0.25) is 0 Å². The summed E-state index contributed by atoms with van der Waals surface area (Å²) in [6.07, 6.45) is 4.31. The molecule has 5 rings (SSSR count). The van der Waals surface area contributed by atoms with E-state index in [1.807, 2.05) is 56.4 Å². The summed E-state index contributed by atoms with van der Waals surface area (Å²) in [4.78, 5) is 12.5. The van der Waals surface area contributed by atoms with Crippen LogP contribution in [0.2, 0.25) is 0 Å². The summed E-state index contributed by atoms with van der Waals surface area (Å²) in [7, 11) is 0. The van der Waals surface area contributed by atoms with Crippen molar-refractivity contribution in [1.29, 1.82) is 0 Å². The Kier molecular flexibility index (Phi) is 7.01. The van der Waals surface area contributed by atoms with Crippen molar-refractivity contribution >= 4 is 22.3 Å².